The first-order chi connectivity index (χ1) is 5.91. The van der Waals surface area contributed by atoms with Gasteiger partial charge >= 0.3 is 0 Å². The normalized spacial score (nSPS) is 11.2. The molecule has 0 saturated carbocycles. The largest absolute Gasteiger partial charge is 0.0878 e. The van der Waals surface area contributed by atoms with E-state index in [0.717, 1.165) is 4.43 Å². The zero-order valence-corrected chi connectivity index (χ0v) is 10.3. The second kappa shape index (κ2) is 11.5. The lowest BCUT2D eigenvalue weighted by Gasteiger charge is -1.97. The van der Waals surface area contributed by atoms with E-state index >= 15 is 0 Å². The van der Waals surface area contributed by atoms with Crippen LogP contribution in [0.1, 0.15) is 51.9 Å². The van der Waals surface area contributed by atoms with Crippen molar-refractivity contribution in [3.05, 3.63) is 12.2 Å². The Morgan fingerprint density at radius 1 is 0.917 bits per heavy atom. The Morgan fingerprint density at radius 2 is 1.58 bits per heavy atom. The minimum atomic E-state index is 1.16. The summed E-state index contributed by atoms with van der Waals surface area (Å²) in [5, 5.41) is 0. The van der Waals surface area contributed by atoms with Crippen LogP contribution in [0.3, 0.4) is 0 Å². The lowest BCUT2D eigenvalue weighted by Crippen LogP contribution is -1.77. The Balaban J connectivity index is 2.86. The van der Waals surface area contributed by atoms with E-state index in [0.29, 0.717) is 0 Å². The average molecular weight is 280 g/mol. The Labute approximate surface area is 91.0 Å². The molecule has 0 fully saturated rings. The molecule has 0 aliphatic heterocycles. The van der Waals surface area contributed by atoms with E-state index in [2.05, 4.69) is 41.7 Å². The third kappa shape index (κ3) is 10.5. The van der Waals surface area contributed by atoms with E-state index in [1.807, 2.05) is 0 Å². The number of unbranched alkanes of at least 4 members (excludes halogenated alkanes) is 6. The molecule has 0 aromatic rings. The standard InChI is InChI=1S/C11H21I/c1-2-3-4-5-6-7-8-9-10-11-12/h9-10H,2-8,11H2,1H3/b10-9-. The van der Waals surface area contributed by atoms with Crippen LogP contribution in [0.2, 0.25) is 0 Å². The van der Waals surface area contributed by atoms with Crippen LogP contribution in [0.25, 0.3) is 0 Å². The number of hydrogen-bond acceptors (Lipinski definition) is 0. The van der Waals surface area contributed by atoms with Crippen LogP contribution in [0.15, 0.2) is 12.2 Å². The molecule has 0 unspecified atom stereocenters. The molecule has 0 atom stereocenters. The van der Waals surface area contributed by atoms with Gasteiger partial charge in [0.1, 0.15) is 0 Å². The van der Waals surface area contributed by atoms with Gasteiger partial charge in [-0.3, -0.25) is 0 Å². The van der Waals surface area contributed by atoms with Crippen LogP contribution in [0.5, 0.6) is 0 Å². The highest BCUT2D eigenvalue weighted by molar-refractivity contribution is 14.1. The predicted octanol–water partition coefficient (Wildman–Crippen LogP) is 4.73. The monoisotopic (exact) mass is 280 g/mol. The van der Waals surface area contributed by atoms with Crippen molar-refractivity contribution in [2.45, 2.75) is 51.9 Å². The SMILES string of the molecule is CCCCCCCC/C=C\CI. The maximum atomic E-state index is 2.38. The van der Waals surface area contributed by atoms with Crippen LogP contribution in [-0.2, 0) is 0 Å². The summed E-state index contributed by atoms with van der Waals surface area (Å²) in [4.78, 5) is 0. The maximum absolute atomic E-state index is 2.38. The zero-order chi connectivity index (χ0) is 9.07. The van der Waals surface area contributed by atoms with Crippen molar-refractivity contribution >= 4 is 22.6 Å². The fraction of sp³-hybridized carbons (Fsp3) is 0.818. The number of hydrogen-bond donors (Lipinski definition) is 0. The molecule has 0 aliphatic rings. The molecule has 0 saturated heterocycles. The molecule has 1 heteroatoms. The van der Waals surface area contributed by atoms with E-state index in [1.54, 1.807) is 0 Å². The maximum Gasteiger partial charge on any atom is 0.0175 e. The Morgan fingerprint density at radius 3 is 2.25 bits per heavy atom. The van der Waals surface area contributed by atoms with Crippen LogP contribution in [0, 0.1) is 0 Å². The van der Waals surface area contributed by atoms with Crippen molar-refractivity contribution in [1.82, 2.24) is 0 Å². The summed E-state index contributed by atoms with van der Waals surface area (Å²) in [7, 11) is 0. The Kier molecular flexibility index (Phi) is 11.9. The van der Waals surface area contributed by atoms with E-state index in [4.69, 9.17) is 0 Å². The quantitative estimate of drug-likeness (QED) is 0.261. The molecule has 12 heavy (non-hydrogen) atoms. The summed E-state index contributed by atoms with van der Waals surface area (Å²) in [5.74, 6) is 0. The van der Waals surface area contributed by atoms with Gasteiger partial charge in [0.2, 0.25) is 0 Å². The molecular weight excluding hydrogens is 259 g/mol. The van der Waals surface area contributed by atoms with E-state index in [-0.39, 0.29) is 0 Å². The van der Waals surface area contributed by atoms with E-state index in [1.165, 1.54) is 44.9 Å². The van der Waals surface area contributed by atoms with Crippen LogP contribution in [-0.4, -0.2) is 4.43 Å². The van der Waals surface area contributed by atoms with E-state index < -0.39 is 0 Å². The van der Waals surface area contributed by atoms with Crippen LogP contribution in [0.4, 0.5) is 0 Å². The van der Waals surface area contributed by atoms with Gasteiger partial charge in [0.15, 0.2) is 0 Å². The van der Waals surface area contributed by atoms with Crippen molar-refractivity contribution in [3.8, 4) is 0 Å². The van der Waals surface area contributed by atoms with Gasteiger partial charge in [-0.1, -0.05) is 73.8 Å². The van der Waals surface area contributed by atoms with Gasteiger partial charge in [-0.2, -0.15) is 0 Å². The second-order valence-electron chi connectivity index (χ2n) is 3.18. The molecule has 0 aromatic carbocycles. The first kappa shape index (κ1) is 12.5. The Hall–Kier alpha value is 0.470. The average Bonchev–Trinajstić information content (AvgIpc) is 2.10. The molecule has 0 nitrogen and oxygen atoms in total. The smallest absolute Gasteiger partial charge is 0.0175 e. The van der Waals surface area contributed by atoms with Crippen LogP contribution >= 0.6 is 22.6 Å². The highest BCUT2D eigenvalue weighted by atomic mass is 127. The molecule has 0 radical (unpaired) electrons. The minimum Gasteiger partial charge on any atom is -0.0878 e. The van der Waals surface area contributed by atoms with Gasteiger partial charge in [-0.15, -0.1) is 0 Å². The fourth-order valence-electron chi connectivity index (χ4n) is 1.22. The molecule has 0 aromatic heterocycles. The van der Waals surface area contributed by atoms with Gasteiger partial charge in [-0.25, -0.2) is 0 Å². The molecule has 0 amide bonds. The molecule has 0 spiro atoms. The number of alkyl halides is 1. The molecule has 72 valence electrons. The Bertz CT molecular complexity index is 97.2. The summed E-state index contributed by atoms with van der Waals surface area (Å²) in [5.41, 5.74) is 0. The summed E-state index contributed by atoms with van der Waals surface area (Å²) in [6.07, 6.45) is 14.3. The van der Waals surface area contributed by atoms with Gasteiger partial charge in [0.05, 0.1) is 0 Å². The lowest BCUT2D eigenvalue weighted by molar-refractivity contribution is 0.611. The van der Waals surface area contributed by atoms with E-state index in [9.17, 15) is 0 Å². The highest BCUT2D eigenvalue weighted by Gasteiger charge is 1.87. The topological polar surface area (TPSA) is 0 Å². The highest BCUT2D eigenvalue weighted by Crippen LogP contribution is 2.07. The predicted molar refractivity (Wildman–Crippen MR) is 66.0 cm³/mol. The minimum absolute atomic E-state index is 1.16. The summed E-state index contributed by atoms with van der Waals surface area (Å²) < 4.78 is 1.16. The third-order valence-corrected chi connectivity index (χ3v) is 2.49. The van der Waals surface area contributed by atoms with Crippen molar-refractivity contribution in [3.63, 3.8) is 0 Å². The summed E-state index contributed by atoms with van der Waals surface area (Å²) in [6.45, 7) is 2.27. The first-order valence-corrected chi connectivity index (χ1v) is 6.65. The number of halogens is 1. The molecular formula is C11H21I. The molecule has 0 N–H and O–H groups in total. The first-order valence-electron chi connectivity index (χ1n) is 5.12. The number of allylic oxidation sites excluding steroid dienone is 2. The molecule has 0 bridgehead atoms. The van der Waals surface area contributed by atoms with Crippen molar-refractivity contribution in [1.29, 1.82) is 0 Å². The van der Waals surface area contributed by atoms with Gasteiger partial charge < -0.3 is 0 Å². The molecule has 0 rings (SSSR count). The van der Waals surface area contributed by atoms with Gasteiger partial charge in [0, 0.05) is 4.43 Å². The molecule has 0 aliphatic carbocycles. The van der Waals surface area contributed by atoms with Crippen LogP contribution < -0.4 is 0 Å². The van der Waals surface area contributed by atoms with Gasteiger partial charge in [-0.05, 0) is 12.8 Å². The van der Waals surface area contributed by atoms with Crippen molar-refractivity contribution < 1.29 is 0 Å². The summed E-state index contributed by atoms with van der Waals surface area (Å²) in [6, 6.07) is 0. The zero-order valence-electron chi connectivity index (χ0n) is 8.19. The van der Waals surface area contributed by atoms with Crippen molar-refractivity contribution in [2.75, 3.05) is 4.43 Å². The fourth-order valence-corrected chi connectivity index (χ4v) is 1.58. The second-order valence-corrected chi connectivity index (χ2v) is 4.06. The number of rotatable bonds is 8. The van der Waals surface area contributed by atoms with Crippen molar-refractivity contribution in [2.24, 2.45) is 0 Å². The summed E-state index contributed by atoms with van der Waals surface area (Å²) >= 11 is 2.38. The third-order valence-electron chi connectivity index (χ3n) is 1.98. The van der Waals surface area contributed by atoms with Gasteiger partial charge in [0.25, 0.3) is 0 Å². The molecule has 0 heterocycles. The lowest BCUT2D eigenvalue weighted by atomic mass is 10.1.